The molecule has 0 saturated heterocycles. The number of aromatic nitrogens is 2. The standard InChI is InChI=1S/C9H18N4/c1-7(2)13-5-8(10)9(11-13)6-12(3)4/h5,7H,6,10H2,1-4H3. The molecule has 1 rings (SSSR count). The van der Waals surface area contributed by atoms with Crippen LogP contribution in [0.3, 0.4) is 0 Å². The first kappa shape index (κ1) is 10.1. The predicted octanol–water partition coefficient (Wildman–Crippen LogP) is 1.11. The number of nitrogens with zero attached hydrogens (tertiary/aromatic N) is 3. The summed E-state index contributed by atoms with van der Waals surface area (Å²) in [6.45, 7) is 4.98. The fraction of sp³-hybridized carbons (Fsp3) is 0.667. The van der Waals surface area contributed by atoms with Crippen LogP contribution in [0.2, 0.25) is 0 Å². The lowest BCUT2D eigenvalue weighted by atomic mass is 10.3. The van der Waals surface area contributed by atoms with Crippen molar-refractivity contribution in [1.82, 2.24) is 14.7 Å². The summed E-state index contributed by atoms with van der Waals surface area (Å²) in [6.07, 6.45) is 1.89. The zero-order valence-electron chi connectivity index (χ0n) is 8.78. The van der Waals surface area contributed by atoms with Crippen molar-refractivity contribution in [1.29, 1.82) is 0 Å². The smallest absolute Gasteiger partial charge is 0.0993 e. The molecule has 0 unspecified atom stereocenters. The van der Waals surface area contributed by atoms with E-state index in [9.17, 15) is 0 Å². The molecule has 0 amide bonds. The molecule has 13 heavy (non-hydrogen) atoms. The Kier molecular flexibility index (Phi) is 2.93. The maximum absolute atomic E-state index is 5.82. The fourth-order valence-corrected chi connectivity index (χ4v) is 1.13. The number of rotatable bonds is 3. The topological polar surface area (TPSA) is 47.1 Å². The van der Waals surface area contributed by atoms with Gasteiger partial charge >= 0.3 is 0 Å². The first-order valence-corrected chi connectivity index (χ1v) is 4.49. The second-order valence-electron chi connectivity index (χ2n) is 3.84. The molecule has 0 aliphatic heterocycles. The number of nitrogens with two attached hydrogens (primary N) is 1. The molecule has 0 saturated carbocycles. The normalized spacial score (nSPS) is 11.5. The van der Waals surface area contributed by atoms with Crippen LogP contribution in [0.4, 0.5) is 5.69 Å². The monoisotopic (exact) mass is 182 g/mol. The van der Waals surface area contributed by atoms with E-state index in [2.05, 4.69) is 23.8 Å². The average molecular weight is 182 g/mol. The summed E-state index contributed by atoms with van der Waals surface area (Å²) in [5.74, 6) is 0. The highest BCUT2D eigenvalue weighted by Gasteiger charge is 2.08. The van der Waals surface area contributed by atoms with E-state index in [1.54, 1.807) is 0 Å². The van der Waals surface area contributed by atoms with Gasteiger partial charge in [0.15, 0.2) is 0 Å². The molecule has 0 bridgehead atoms. The van der Waals surface area contributed by atoms with E-state index in [0.717, 1.165) is 17.9 Å². The molecule has 74 valence electrons. The van der Waals surface area contributed by atoms with Crippen LogP contribution in [0, 0.1) is 0 Å². The van der Waals surface area contributed by atoms with Crippen molar-refractivity contribution in [3.63, 3.8) is 0 Å². The molecule has 0 aliphatic rings. The van der Waals surface area contributed by atoms with Crippen molar-refractivity contribution in [2.45, 2.75) is 26.4 Å². The number of hydrogen-bond donors (Lipinski definition) is 1. The van der Waals surface area contributed by atoms with Crippen LogP contribution < -0.4 is 5.73 Å². The number of hydrogen-bond acceptors (Lipinski definition) is 3. The van der Waals surface area contributed by atoms with Crippen molar-refractivity contribution in [2.75, 3.05) is 19.8 Å². The first-order chi connectivity index (χ1) is 6.00. The molecule has 0 aliphatic carbocycles. The van der Waals surface area contributed by atoms with Crippen LogP contribution in [-0.4, -0.2) is 28.8 Å². The van der Waals surface area contributed by atoms with Crippen LogP contribution in [0.15, 0.2) is 6.20 Å². The second kappa shape index (κ2) is 3.79. The summed E-state index contributed by atoms with van der Waals surface area (Å²) in [5, 5.41) is 4.40. The van der Waals surface area contributed by atoms with Crippen molar-refractivity contribution in [2.24, 2.45) is 0 Å². The molecule has 0 aromatic carbocycles. The van der Waals surface area contributed by atoms with Crippen LogP contribution >= 0.6 is 0 Å². The van der Waals surface area contributed by atoms with E-state index in [4.69, 9.17) is 5.73 Å². The summed E-state index contributed by atoms with van der Waals surface area (Å²) in [4.78, 5) is 2.06. The zero-order valence-corrected chi connectivity index (χ0v) is 8.78. The largest absolute Gasteiger partial charge is 0.396 e. The predicted molar refractivity (Wildman–Crippen MR) is 54.4 cm³/mol. The van der Waals surface area contributed by atoms with Gasteiger partial charge in [-0.1, -0.05) is 0 Å². The van der Waals surface area contributed by atoms with Gasteiger partial charge < -0.3 is 10.6 Å². The lowest BCUT2D eigenvalue weighted by Gasteiger charge is -2.07. The van der Waals surface area contributed by atoms with E-state index >= 15 is 0 Å². The Labute approximate surface area is 79.3 Å². The van der Waals surface area contributed by atoms with Gasteiger partial charge in [0, 0.05) is 18.8 Å². The summed E-state index contributed by atoms with van der Waals surface area (Å²) in [6, 6.07) is 0.373. The molecular weight excluding hydrogens is 164 g/mol. The van der Waals surface area contributed by atoms with Crippen LogP contribution in [0.1, 0.15) is 25.6 Å². The maximum atomic E-state index is 5.82. The molecule has 0 fully saturated rings. The van der Waals surface area contributed by atoms with Crippen molar-refractivity contribution in [3.8, 4) is 0 Å². The van der Waals surface area contributed by atoms with E-state index in [1.807, 2.05) is 25.0 Å². The van der Waals surface area contributed by atoms with Crippen LogP contribution in [0.25, 0.3) is 0 Å². The summed E-state index contributed by atoms with van der Waals surface area (Å²) in [5.41, 5.74) is 7.55. The Hall–Kier alpha value is -1.03. The lowest BCUT2D eigenvalue weighted by Crippen LogP contribution is -2.12. The summed E-state index contributed by atoms with van der Waals surface area (Å²) < 4.78 is 1.90. The van der Waals surface area contributed by atoms with Gasteiger partial charge in [-0.2, -0.15) is 5.10 Å². The number of anilines is 1. The quantitative estimate of drug-likeness (QED) is 0.761. The van der Waals surface area contributed by atoms with Crippen LogP contribution in [-0.2, 0) is 6.54 Å². The van der Waals surface area contributed by atoms with E-state index < -0.39 is 0 Å². The second-order valence-corrected chi connectivity index (χ2v) is 3.84. The van der Waals surface area contributed by atoms with Gasteiger partial charge in [-0.3, -0.25) is 4.68 Å². The summed E-state index contributed by atoms with van der Waals surface area (Å²) in [7, 11) is 4.02. The van der Waals surface area contributed by atoms with Gasteiger partial charge in [-0.15, -0.1) is 0 Å². The van der Waals surface area contributed by atoms with Gasteiger partial charge in [-0.25, -0.2) is 0 Å². The lowest BCUT2D eigenvalue weighted by molar-refractivity contribution is 0.391. The van der Waals surface area contributed by atoms with Gasteiger partial charge in [0.05, 0.1) is 11.4 Å². The Morgan fingerprint density at radius 1 is 1.54 bits per heavy atom. The van der Waals surface area contributed by atoms with Gasteiger partial charge in [-0.05, 0) is 27.9 Å². The highest BCUT2D eigenvalue weighted by Crippen LogP contribution is 2.13. The molecule has 2 N–H and O–H groups in total. The Balaban J connectivity index is 2.83. The maximum Gasteiger partial charge on any atom is 0.0993 e. The average Bonchev–Trinajstić information content (AvgIpc) is 2.31. The summed E-state index contributed by atoms with van der Waals surface area (Å²) >= 11 is 0. The minimum absolute atomic E-state index is 0.373. The Morgan fingerprint density at radius 3 is 2.54 bits per heavy atom. The zero-order chi connectivity index (χ0) is 10.0. The highest BCUT2D eigenvalue weighted by molar-refractivity contribution is 5.40. The van der Waals surface area contributed by atoms with E-state index in [-0.39, 0.29) is 0 Å². The van der Waals surface area contributed by atoms with Gasteiger partial charge in [0.25, 0.3) is 0 Å². The molecule has 1 aromatic rings. The minimum Gasteiger partial charge on any atom is -0.396 e. The third kappa shape index (κ3) is 2.45. The molecule has 0 spiro atoms. The molecule has 1 heterocycles. The molecule has 0 atom stereocenters. The Bertz CT molecular complexity index is 275. The molecule has 4 heteroatoms. The molecule has 4 nitrogen and oxygen atoms in total. The Morgan fingerprint density at radius 2 is 2.15 bits per heavy atom. The van der Waals surface area contributed by atoms with Gasteiger partial charge in [0.2, 0.25) is 0 Å². The van der Waals surface area contributed by atoms with Crippen molar-refractivity contribution < 1.29 is 0 Å². The number of nitrogen functional groups attached to an aromatic ring is 1. The molecular formula is C9H18N4. The SMILES string of the molecule is CC(C)n1cc(N)c(CN(C)C)n1. The highest BCUT2D eigenvalue weighted by atomic mass is 15.3. The molecule has 1 aromatic heterocycles. The van der Waals surface area contributed by atoms with Gasteiger partial charge in [0.1, 0.15) is 0 Å². The van der Waals surface area contributed by atoms with Crippen molar-refractivity contribution >= 4 is 5.69 Å². The fourth-order valence-electron chi connectivity index (χ4n) is 1.13. The first-order valence-electron chi connectivity index (χ1n) is 4.49. The van der Waals surface area contributed by atoms with Crippen LogP contribution in [0.5, 0.6) is 0 Å². The molecule has 0 radical (unpaired) electrons. The van der Waals surface area contributed by atoms with E-state index in [0.29, 0.717) is 6.04 Å². The van der Waals surface area contributed by atoms with E-state index in [1.165, 1.54) is 0 Å². The third-order valence-corrected chi connectivity index (χ3v) is 1.84. The third-order valence-electron chi connectivity index (χ3n) is 1.84. The minimum atomic E-state index is 0.373. The van der Waals surface area contributed by atoms with Crippen molar-refractivity contribution in [3.05, 3.63) is 11.9 Å².